The summed E-state index contributed by atoms with van der Waals surface area (Å²) in [6, 6.07) is 8.38. The van der Waals surface area contributed by atoms with Gasteiger partial charge in [0.25, 0.3) is 0 Å². The number of hydrogen-bond donors (Lipinski definition) is 3. The molecule has 0 spiro atoms. The highest BCUT2D eigenvalue weighted by molar-refractivity contribution is 5.74. The first-order chi connectivity index (χ1) is 14.4. The summed E-state index contributed by atoms with van der Waals surface area (Å²) in [5, 5.41) is 18.3. The Morgan fingerprint density at radius 3 is 2.43 bits per heavy atom. The predicted octanol–water partition coefficient (Wildman–Crippen LogP) is 3.12. The molecule has 3 N–H and O–H groups in total. The highest BCUT2D eigenvalue weighted by Crippen LogP contribution is 2.19. The number of halogens is 3. The van der Waals surface area contributed by atoms with Crippen molar-refractivity contribution in [2.24, 2.45) is 0 Å². The first-order valence-electron chi connectivity index (χ1n) is 9.07. The molecule has 10 heteroatoms. The number of benzene rings is 2. The molecular weight excluding hydrogens is 401 g/mol. The first kappa shape index (κ1) is 21.3. The first-order valence-corrected chi connectivity index (χ1v) is 9.07. The van der Waals surface area contributed by atoms with Crippen LogP contribution in [0.5, 0.6) is 0 Å². The van der Waals surface area contributed by atoms with E-state index in [2.05, 4.69) is 20.8 Å². The summed E-state index contributed by atoms with van der Waals surface area (Å²) in [6.45, 7) is 1.05. The van der Waals surface area contributed by atoms with Gasteiger partial charge in [-0.1, -0.05) is 35.5 Å². The molecule has 1 heterocycles. The molecule has 0 fully saturated rings. The van der Waals surface area contributed by atoms with Gasteiger partial charge < -0.3 is 20.3 Å². The van der Waals surface area contributed by atoms with Crippen LogP contribution in [0, 0.1) is 17.5 Å². The maximum absolute atomic E-state index is 13.4. The maximum Gasteiger partial charge on any atom is 0.315 e. The van der Waals surface area contributed by atoms with Gasteiger partial charge in [0, 0.05) is 18.0 Å². The molecule has 1 aromatic heterocycles. The predicted molar refractivity (Wildman–Crippen MR) is 101 cm³/mol. The Balaban J connectivity index is 1.58. The van der Waals surface area contributed by atoms with Crippen molar-refractivity contribution in [3.05, 3.63) is 71.4 Å². The van der Waals surface area contributed by atoms with E-state index in [1.807, 2.05) is 30.3 Å². The third kappa shape index (κ3) is 5.15. The van der Waals surface area contributed by atoms with Crippen LogP contribution in [-0.2, 0) is 6.42 Å². The van der Waals surface area contributed by atoms with E-state index < -0.39 is 42.2 Å². The number of hydrogen-bond acceptors (Lipinski definition) is 5. The van der Waals surface area contributed by atoms with E-state index in [0.717, 1.165) is 5.56 Å². The lowest BCUT2D eigenvalue weighted by Crippen LogP contribution is -2.44. The third-order valence-electron chi connectivity index (χ3n) is 4.25. The fourth-order valence-corrected chi connectivity index (χ4v) is 2.79. The lowest BCUT2D eigenvalue weighted by molar-refractivity contribution is 0.213. The van der Waals surface area contributed by atoms with Crippen LogP contribution in [0.4, 0.5) is 18.0 Å². The molecule has 3 rings (SSSR count). The Hall–Kier alpha value is -3.40. The number of rotatable bonds is 7. The van der Waals surface area contributed by atoms with Crippen molar-refractivity contribution in [3.8, 4) is 11.4 Å². The van der Waals surface area contributed by atoms with Crippen LogP contribution >= 0.6 is 0 Å². The molecule has 0 radical (unpaired) electrons. The summed E-state index contributed by atoms with van der Waals surface area (Å²) >= 11 is 0. The maximum atomic E-state index is 13.4. The summed E-state index contributed by atoms with van der Waals surface area (Å²) in [5.74, 6) is -3.72. The molecular formula is C20H19F3N4O3. The van der Waals surface area contributed by atoms with Gasteiger partial charge in [-0.15, -0.1) is 0 Å². The van der Waals surface area contributed by atoms with E-state index in [1.54, 1.807) is 6.92 Å². The lowest BCUT2D eigenvalue weighted by atomic mass is 10.1. The number of amides is 2. The Kier molecular flexibility index (Phi) is 6.68. The van der Waals surface area contributed by atoms with Crippen LogP contribution in [0.15, 0.2) is 47.0 Å². The van der Waals surface area contributed by atoms with Gasteiger partial charge in [0.15, 0.2) is 17.5 Å². The number of nitrogens with one attached hydrogen (secondary N) is 2. The zero-order valence-corrected chi connectivity index (χ0v) is 15.9. The molecule has 3 aromatic rings. The van der Waals surface area contributed by atoms with Crippen LogP contribution in [-0.4, -0.2) is 33.9 Å². The normalized spacial score (nSPS) is 13.0. The summed E-state index contributed by atoms with van der Waals surface area (Å²) < 4.78 is 45.1. The molecule has 2 aromatic carbocycles. The van der Waals surface area contributed by atoms with Crippen molar-refractivity contribution in [1.29, 1.82) is 0 Å². The van der Waals surface area contributed by atoms with Crippen molar-refractivity contribution in [2.45, 2.75) is 25.4 Å². The van der Waals surface area contributed by atoms with Gasteiger partial charge in [0.05, 0.1) is 12.6 Å². The van der Waals surface area contributed by atoms with Crippen molar-refractivity contribution in [1.82, 2.24) is 20.8 Å². The van der Waals surface area contributed by atoms with E-state index >= 15 is 0 Å². The molecule has 0 aliphatic heterocycles. The standard InChI is InChI=1S/C20H19F3N4O3/c1-11(7-17-26-19(27-30-17)12-5-3-2-4-6-12)24-20(29)25-16(10-28)13-8-14(21)18(23)15(22)9-13/h2-6,8-9,11,16,28H,7,10H2,1H3,(H2,24,25,29). The number of aromatic nitrogens is 2. The number of nitrogens with zero attached hydrogens (tertiary/aromatic N) is 2. The molecule has 0 aliphatic carbocycles. The molecule has 2 amide bonds. The molecule has 2 atom stereocenters. The van der Waals surface area contributed by atoms with E-state index in [-0.39, 0.29) is 12.0 Å². The minimum Gasteiger partial charge on any atom is -0.394 e. The minimum atomic E-state index is -1.62. The molecule has 0 bridgehead atoms. The lowest BCUT2D eigenvalue weighted by Gasteiger charge is -2.19. The Bertz CT molecular complexity index is 991. The van der Waals surface area contributed by atoms with E-state index in [0.29, 0.717) is 23.8 Å². The van der Waals surface area contributed by atoms with Gasteiger partial charge in [-0.25, -0.2) is 18.0 Å². The molecule has 158 valence electrons. The van der Waals surface area contributed by atoms with E-state index in [9.17, 15) is 23.1 Å². The largest absolute Gasteiger partial charge is 0.394 e. The van der Waals surface area contributed by atoms with Crippen molar-refractivity contribution in [2.75, 3.05) is 6.61 Å². The molecule has 0 saturated carbocycles. The molecule has 0 aliphatic rings. The fourth-order valence-electron chi connectivity index (χ4n) is 2.79. The summed E-state index contributed by atoms with van der Waals surface area (Å²) in [7, 11) is 0. The van der Waals surface area contributed by atoms with Crippen LogP contribution < -0.4 is 10.6 Å². The molecule has 7 nitrogen and oxygen atoms in total. The van der Waals surface area contributed by atoms with E-state index in [4.69, 9.17) is 4.52 Å². The Morgan fingerprint density at radius 1 is 1.13 bits per heavy atom. The van der Waals surface area contributed by atoms with Crippen LogP contribution in [0.3, 0.4) is 0 Å². The third-order valence-corrected chi connectivity index (χ3v) is 4.25. The van der Waals surface area contributed by atoms with Crippen LogP contribution in [0.25, 0.3) is 11.4 Å². The second-order valence-electron chi connectivity index (χ2n) is 6.63. The van der Waals surface area contributed by atoms with Crippen molar-refractivity contribution < 1.29 is 27.6 Å². The Morgan fingerprint density at radius 2 is 1.80 bits per heavy atom. The quantitative estimate of drug-likeness (QED) is 0.510. The van der Waals surface area contributed by atoms with Gasteiger partial charge >= 0.3 is 6.03 Å². The average molecular weight is 420 g/mol. The number of carbonyl (C=O) groups excluding carboxylic acids is 1. The second kappa shape index (κ2) is 9.40. The second-order valence-corrected chi connectivity index (χ2v) is 6.63. The average Bonchev–Trinajstić information content (AvgIpc) is 3.18. The van der Waals surface area contributed by atoms with Crippen molar-refractivity contribution in [3.63, 3.8) is 0 Å². The number of aliphatic hydroxyl groups is 1. The summed E-state index contributed by atoms with van der Waals surface area (Å²) in [6.07, 6.45) is 0.233. The zero-order valence-electron chi connectivity index (χ0n) is 15.9. The van der Waals surface area contributed by atoms with Gasteiger partial charge in [-0.3, -0.25) is 0 Å². The highest BCUT2D eigenvalue weighted by atomic mass is 19.2. The van der Waals surface area contributed by atoms with Gasteiger partial charge in [0.2, 0.25) is 11.7 Å². The van der Waals surface area contributed by atoms with Gasteiger partial charge in [-0.05, 0) is 24.6 Å². The smallest absolute Gasteiger partial charge is 0.315 e. The van der Waals surface area contributed by atoms with E-state index in [1.165, 1.54) is 0 Å². The monoisotopic (exact) mass is 420 g/mol. The number of carbonyl (C=O) groups is 1. The van der Waals surface area contributed by atoms with Crippen molar-refractivity contribution >= 4 is 6.03 Å². The topological polar surface area (TPSA) is 100 Å². The SMILES string of the molecule is CC(Cc1nc(-c2ccccc2)no1)NC(=O)NC(CO)c1cc(F)c(F)c(F)c1. The number of aliphatic hydroxyl groups excluding tert-OH is 1. The Labute approximate surface area is 169 Å². The number of urea groups is 1. The van der Waals surface area contributed by atoms with Gasteiger partial charge in [0.1, 0.15) is 0 Å². The molecule has 0 saturated heterocycles. The van der Waals surface area contributed by atoms with Gasteiger partial charge in [-0.2, -0.15) is 4.98 Å². The summed E-state index contributed by atoms with van der Waals surface area (Å²) in [5.41, 5.74) is 0.677. The fraction of sp³-hybridized carbons (Fsp3) is 0.250. The minimum absolute atomic E-state index is 0.110. The zero-order chi connectivity index (χ0) is 21.7. The highest BCUT2D eigenvalue weighted by Gasteiger charge is 2.20. The molecule has 30 heavy (non-hydrogen) atoms. The summed E-state index contributed by atoms with van der Waals surface area (Å²) in [4.78, 5) is 16.5. The van der Waals surface area contributed by atoms with Crippen LogP contribution in [0.1, 0.15) is 24.4 Å². The molecule has 2 unspecified atom stereocenters. The van der Waals surface area contributed by atoms with Crippen LogP contribution in [0.2, 0.25) is 0 Å².